The molecule has 3 nitrogen and oxygen atoms in total. The van der Waals surface area contributed by atoms with E-state index in [-0.39, 0.29) is 0 Å². The summed E-state index contributed by atoms with van der Waals surface area (Å²) in [4.78, 5) is 0. The fraction of sp³-hybridized carbons (Fsp3) is 0.667. The molecule has 0 radical (unpaired) electrons. The van der Waals surface area contributed by atoms with Gasteiger partial charge >= 0.3 is 0 Å². The number of rotatable bonds is 4. The standard InChI is InChI=1S/C12H17N3S/c1-9-11(8-13)12(16-15-9)14-7-6-10-4-2-3-5-10/h10,14H,2-7H2,1H3. The maximum atomic E-state index is 8.98. The Morgan fingerprint density at radius 1 is 1.50 bits per heavy atom. The van der Waals surface area contributed by atoms with Crippen LogP contribution in [0.1, 0.15) is 43.4 Å². The highest BCUT2D eigenvalue weighted by molar-refractivity contribution is 7.10. The van der Waals surface area contributed by atoms with E-state index in [9.17, 15) is 0 Å². The molecule has 1 aliphatic carbocycles. The molecule has 1 aliphatic rings. The smallest absolute Gasteiger partial charge is 0.127 e. The quantitative estimate of drug-likeness (QED) is 0.871. The summed E-state index contributed by atoms with van der Waals surface area (Å²) < 4.78 is 4.19. The highest BCUT2D eigenvalue weighted by Gasteiger charge is 2.15. The van der Waals surface area contributed by atoms with Crippen molar-refractivity contribution in [2.24, 2.45) is 5.92 Å². The summed E-state index contributed by atoms with van der Waals surface area (Å²) in [7, 11) is 0. The van der Waals surface area contributed by atoms with Crippen LogP contribution in [-0.2, 0) is 0 Å². The largest absolute Gasteiger partial charge is 0.375 e. The lowest BCUT2D eigenvalue weighted by Crippen LogP contribution is -2.06. The number of nitrogens with one attached hydrogen (secondary N) is 1. The highest BCUT2D eigenvalue weighted by atomic mass is 32.1. The van der Waals surface area contributed by atoms with Crippen LogP contribution in [-0.4, -0.2) is 10.9 Å². The van der Waals surface area contributed by atoms with E-state index in [2.05, 4.69) is 15.8 Å². The molecule has 0 aromatic carbocycles. The number of hydrogen-bond acceptors (Lipinski definition) is 4. The molecule has 0 bridgehead atoms. The van der Waals surface area contributed by atoms with Crippen molar-refractivity contribution >= 4 is 16.5 Å². The van der Waals surface area contributed by atoms with Gasteiger partial charge in [0, 0.05) is 6.54 Å². The Hall–Kier alpha value is -1.08. The minimum Gasteiger partial charge on any atom is -0.375 e. The summed E-state index contributed by atoms with van der Waals surface area (Å²) in [5, 5.41) is 13.3. The van der Waals surface area contributed by atoms with Crippen molar-refractivity contribution in [2.75, 3.05) is 11.9 Å². The third kappa shape index (κ3) is 2.53. The van der Waals surface area contributed by atoms with Crippen molar-refractivity contribution in [3.63, 3.8) is 0 Å². The molecule has 1 heterocycles. The first-order valence-electron chi connectivity index (χ1n) is 5.91. The average molecular weight is 235 g/mol. The van der Waals surface area contributed by atoms with Crippen molar-refractivity contribution in [3.8, 4) is 6.07 Å². The Balaban J connectivity index is 1.82. The van der Waals surface area contributed by atoms with Gasteiger partial charge in [0.1, 0.15) is 16.6 Å². The molecule has 0 amide bonds. The van der Waals surface area contributed by atoms with E-state index < -0.39 is 0 Å². The molecule has 1 fully saturated rings. The lowest BCUT2D eigenvalue weighted by molar-refractivity contribution is 0.519. The first-order chi connectivity index (χ1) is 7.81. The first kappa shape index (κ1) is 11.4. The molecule has 0 unspecified atom stereocenters. The number of anilines is 1. The van der Waals surface area contributed by atoms with E-state index >= 15 is 0 Å². The van der Waals surface area contributed by atoms with Gasteiger partial charge in [-0.05, 0) is 30.8 Å². The summed E-state index contributed by atoms with van der Waals surface area (Å²) in [5.41, 5.74) is 1.56. The van der Waals surface area contributed by atoms with Crippen molar-refractivity contribution in [1.29, 1.82) is 5.26 Å². The molecule has 86 valence electrons. The van der Waals surface area contributed by atoms with Gasteiger partial charge in [-0.25, -0.2) is 0 Å². The normalized spacial score (nSPS) is 16.2. The summed E-state index contributed by atoms with van der Waals surface area (Å²) >= 11 is 1.40. The third-order valence-corrected chi connectivity index (χ3v) is 4.18. The van der Waals surface area contributed by atoms with Crippen LogP contribution < -0.4 is 5.32 Å². The SMILES string of the molecule is Cc1nsc(NCCC2CCCC2)c1C#N. The molecule has 0 aliphatic heterocycles. The van der Waals surface area contributed by atoms with E-state index in [0.29, 0.717) is 0 Å². The van der Waals surface area contributed by atoms with Gasteiger partial charge in [-0.1, -0.05) is 25.7 Å². The fourth-order valence-electron chi connectivity index (χ4n) is 2.31. The Kier molecular flexibility index (Phi) is 3.79. The molecule has 2 rings (SSSR count). The van der Waals surface area contributed by atoms with Crippen molar-refractivity contribution in [1.82, 2.24) is 4.37 Å². The Morgan fingerprint density at radius 3 is 2.94 bits per heavy atom. The summed E-state index contributed by atoms with van der Waals surface area (Å²) in [5.74, 6) is 0.895. The van der Waals surface area contributed by atoms with Crippen LogP contribution in [0.2, 0.25) is 0 Å². The van der Waals surface area contributed by atoms with Crippen LogP contribution >= 0.6 is 11.5 Å². The van der Waals surface area contributed by atoms with Gasteiger partial charge in [-0.15, -0.1) is 0 Å². The number of hydrogen-bond donors (Lipinski definition) is 1. The third-order valence-electron chi connectivity index (χ3n) is 3.29. The van der Waals surface area contributed by atoms with Crippen LogP contribution in [0.4, 0.5) is 5.00 Å². The van der Waals surface area contributed by atoms with E-state index in [1.54, 1.807) is 0 Å². The number of nitriles is 1. The highest BCUT2D eigenvalue weighted by Crippen LogP contribution is 2.28. The van der Waals surface area contributed by atoms with Crippen molar-refractivity contribution < 1.29 is 0 Å². The second kappa shape index (κ2) is 5.31. The molecule has 0 atom stereocenters. The van der Waals surface area contributed by atoms with E-state index in [1.165, 1.54) is 43.6 Å². The van der Waals surface area contributed by atoms with Crippen molar-refractivity contribution in [3.05, 3.63) is 11.3 Å². The molecule has 0 saturated heterocycles. The lowest BCUT2D eigenvalue weighted by Gasteiger charge is -2.09. The minimum atomic E-state index is 0.719. The lowest BCUT2D eigenvalue weighted by atomic mass is 10.0. The molecular formula is C12H17N3S. The minimum absolute atomic E-state index is 0.719. The number of nitrogens with zero attached hydrogens (tertiary/aromatic N) is 2. The van der Waals surface area contributed by atoms with Crippen LogP contribution in [0, 0.1) is 24.2 Å². The zero-order chi connectivity index (χ0) is 11.4. The molecule has 1 aromatic rings. The van der Waals surface area contributed by atoms with Crippen LogP contribution in [0.15, 0.2) is 0 Å². The summed E-state index contributed by atoms with van der Waals surface area (Å²) in [6.45, 7) is 2.86. The second-order valence-electron chi connectivity index (χ2n) is 4.45. The van der Waals surface area contributed by atoms with Gasteiger partial charge in [0.05, 0.1) is 5.69 Å². The number of aryl methyl sites for hydroxylation is 1. The Bertz CT molecular complexity index is 385. The monoisotopic (exact) mass is 235 g/mol. The molecule has 16 heavy (non-hydrogen) atoms. The molecule has 0 spiro atoms. The maximum absolute atomic E-state index is 8.98. The Morgan fingerprint density at radius 2 is 2.25 bits per heavy atom. The predicted octanol–water partition coefficient (Wildman–Crippen LogP) is 3.32. The van der Waals surface area contributed by atoms with Gasteiger partial charge in [-0.3, -0.25) is 0 Å². The van der Waals surface area contributed by atoms with Crippen molar-refractivity contribution in [2.45, 2.75) is 39.0 Å². The van der Waals surface area contributed by atoms with Gasteiger partial charge in [0.2, 0.25) is 0 Å². The average Bonchev–Trinajstić information content (AvgIpc) is 2.89. The predicted molar refractivity (Wildman–Crippen MR) is 66.6 cm³/mol. The topological polar surface area (TPSA) is 48.7 Å². The van der Waals surface area contributed by atoms with Crippen LogP contribution in [0.25, 0.3) is 0 Å². The van der Waals surface area contributed by atoms with E-state index in [4.69, 9.17) is 5.26 Å². The summed E-state index contributed by atoms with van der Waals surface area (Å²) in [6, 6.07) is 2.21. The Labute approximate surface area is 101 Å². The van der Waals surface area contributed by atoms with Gasteiger partial charge < -0.3 is 5.32 Å². The first-order valence-corrected chi connectivity index (χ1v) is 6.69. The maximum Gasteiger partial charge on any atom is 0.127 e. The zero-order valence-corrected chi connectivity index (χ0v) is 10.4. The fourth-order valence-corrected chi connectivity index (χ4v) is 3.08. The molecular weight excluding hydrogens is 218 g/mol. The zero-order valence-electron chi connectivity index (χ0n) is 9.62. The molecule has 1 saturated carbocycles. The van der Waals surface area contributed by atoms with Gasteiger partial charge in [0.15, 0.2) is 0 Å². The van der Waals surface area contributed by atoms with E-state index in [1.807, 2.05) is 6.92 Å². The molecule has 4 heteroatoms. The van der Waals surface area contributed by atoms with E-state index in [0.717, 1.165) is 28.7 Å². The van der Waals surface area contributed by atoms with Gasteiger partial charge in [0.25, 0.3) is 0 Å². The molecule has 1 aromatic heterocycles. The second-order valence-corrected chi connectivity index (χ2v) is 5.22. The molecule has 1 N–H and O–H groups in total. The van der Waals surface area contributed by atoms with Gasteiger partial charge in [-0.2, -0.15) is 9.64 Å². The van der Waals surface area contributed by atoms with Crippen LogP contribution in [0.3, 0.4) is 0 Å². The number of aromatic nitrogens is 1. The van der Waals surface area contributed by atoms with Crippen LogP contribution in [0.5, 0.6) is 0 Å². The summed E-state index contributed by atoms with van der Waals surface area (Å²) in [6.07, 6.45) is 6.78.